The van der Waals surface area contributed by atoms with E-state index in [0.29, 0.717) is 37.4 Å². The maximum absolute atomic E-state index is 13.1. The highest BCUT2D eigenvalue weighted by Gasteiger charge is 2.32. The number of piperidine rings is 1. The molecule has 1 saturated heterocycles. The van der Waals surface area contributed by atoms with Crippen LogP contribution in [-0.2, 0) is 11.0 Å². The van der Waals surface area contributed by atoms with Gasteiger partial charge in [0.25, 0.3) is 5.69 Å². The van der Waals surface area contributed by atoms with E-state index in [4.69, 9.17) is 0 Å². The summed E-state index contributed by atoms with van der Waals surface area (Å²) < 4.78 is 40.7. The number of rotatable bonds is 5. The number of thioether (sulfide) groups is 1. The highest BCUT2D eigenvalue weighted by molar-refractivity contribution is 8.00. The van der Waals surface area contributed by atoms with Gasteiger partial charge in [-0.15, -0.1) is 22.0 Å². The van der Waals surface area contributed by atoms with Crippen LogP contribution in [-0.4, -0.2) is 49.2 Å². The Morgan fingerprint density at radius 1 is 1.19 bits per heavy atom. The second-order valence-corrected chi connectivity index (χ2v) is 8.47. The number of hydrogen-bond acceptors (Lipinski definition) is 6. The fourth-order valence-electron chi connectivity index (χ4n) is 3.67. The first kappa shape index (κ1) is 22.1. The molecule has 4 rings (SSSR count). The van der Waals surface area contributed by atoms with Gasteiger partial charge in [-0.2, -0.15) is 13.2 Å². The van der Waals surface area contributed by atoms with Crippen LogP contribution in [0, 0.1) is 10.1 Å². The predicted molar refractivity (Wildman–Crippen MR) is 110 cm³/mol. The lowest BCUT2D eigenvalue weighted by Gasteiger charge is -2.32. The van der Waals surface area contributed by atoms with Crippen molar-refractivity contribution in [2.45, 2.75) is 29.8 Å². The fourth-order valence-corrected chi connectivity index (χ4v) is 4.47. The highest BCUT2D eigenvalue weighted by Crippen LogP contribution is 2.32. The first-order chi connectivity index (χ1) is 15.2. The monoisotopic (exact) mass is 465 g/mol. The van der Waals surface area contributed by atoms with Gasteiger partial charge in [-0.3, -0.25) is 19.3 Å². The van der Waals surface area contributed by atoms with Crippen molar-refractivity contribution in [2.75, 3.05) is 18.8 Å². The van der Waals surface area contributed by atoms with E-state index < -0.39 is 16.7 Å². The summed E-state index contributed by atoms with van der Waals surface area (Å²) in [6.07, 6.45) is -2.09. The van der Waals surface area contributed by atoms with Crippen molar-refractivity contribution in [3.63, 3.8) is 0 Å². The minimum Gasteiger partial charge on any atom is -0.341 e. The number of benzene rings is 1. The number of carbonyl (C=O) groups is 1. The van der Waals surface area contributed by atoms with Crippen molar-refractivity contribution in [2.24, 2.45) is 0 Å². The van der Waals surface area contributed by atoms with Gasteiger partial charge in [0.2, 0.25) is 5.91 Å². The summed E-state index contributed by atoms with van der Waals surface area (Å²) in [6.45, 7) is 0.900. The van der Waals surface area contributed by atoms with Gasteiger partial charge in [0, 0.05) is 42.2 Å². The molecule has 0 saturated carbocycles. The van der Waals surface area contributed by atoms with Crippen LogP contribution >= 0.6 is 11.8 Å². The molecule has 168 valence electrons. The number of nitrogens with zero attached hydrogens (tertiary/aromatic N) is 5. The number of non-ortho nitro benzene ring substituents is 1. The van der Waals surface area contributed by atoms with Crippen molar-refractivity contribution >= 4 is 29.0 Å². The molecule has 1 aromatic carbocycles. The SMILES string of the molecule is O=C(CSc1ccc([N+](=O)[O-])cc1)N1CCCC(c2nnc3ccc(C(F)(F)F)cn23)C1. The molecule has 1 fully saturated rings. The topological polar surface area (TPSA) is 93.6 Å². The zero-order chi connectivity index (χ0) is 22.9. The van der Waals surface area contributed by atoms with E-state index in [2.05, 4.69) is 10.2 Å². The van der Waals surface area contributed by atoms with Crippen LogP contribution in [0.5, 0.6) is 0 Å². The first-order valence-corrected chi connectivity index (χ1v) is 10.8. The standard InChI is InChI=1S/C20H18F3N5O3S/c21-20(22,23)14-3-8-17-24-25-19(27(17)11-14)13-2-1-9-26(10-13)18(29)12-32-16-6-4-15(5-7-16)28(30)31/h3-8,11,13H,1-2,9-10,12H2. The minimum atomic E-state index is -4.47. The van der Waals surface area contributed by atoms with Gasteiger partial charge in [0.1, 0.15) is 5.82 Å². The minimum absolute atomic E-state index is 0.0197. The normalized spacial score (nSPS) is 17.0. The third kappa shape index (κ3) is 4.69. The molecule has 1 aliphatic heterocycles. The average Bonchev–Trinajstić information content (AvgIpc) is 3.20. The Bertz CT molecular complexity index is 1150. The number of hydrogen-bond donors (Lipinski definition) is 0. The van der Waals surface area contributed by atoms with Crippen LogP contribution in [0.15, 0.2) is 47.5 Å². The number of pyridine rings is 1. The number of likely N-dealkylation sites (tertiary alicyclic amines) is 1. The Balaban J connectivity index is 1.44. The zero-order valence-corrected chi connectivity index (χ0v) is 17.5. The lowest BCUT2D eigenvalue weighted by Crippen LogP contribution is -2.40. The second-order valence-electron chi connectivity index (χ2n) is 7.42. The molecule has 0 radical (unpaired) electrons. The summed E-state index contributed by atoms with van der Waals surface area (Å²) in [4.78, 5) is 25.4. The molecule has 3 aromatic rings. The maximum Gasteiger partial charge on any atom is 0.417 e. The Hall–Kier alpha value is -3.15. The Morgan fingerprint density at radius 3 is 2.62 bits per heavy atom. The maximum atomic E-state index is 13.1. The molecule has 3 heterocycles. The highest BCUT2D eigenvalue weighted by atomic mass is 32.2. The summed E-state index contributed by atoms with van der Waals surface area (Å²) in [5.41, 5.74) is -0.478. The number of carbonyl (C=O) groups excluding carboxylic acids is 1. The summed E-state index contributed by atoms with van der Waals surface area (Å²) in [7, 11) is 0. The van der Waals surface area contributed by atoms with E-state index in [9.17, 15) is 28.1 Å². The van der Waals surface area contributed by atoms with Gasteiger partial charge < -0.3 is 4.90 Å². The summed E-state index contributed by atoms with van der Waals surface area (Å²) >= 11 is 1.28. The summed E-state index contributed by atoms with van der Waals surface area (Å²) in [6, 6.07) is 8.21. The molecule has 2 aromatic heterocycles. The van der Waals surface area contributed by atoms with E-state index in [1.807, 2.05) is 0 Å². The molecule has 1 amide bonds. The third-order valence-corrected chi connectivity index (χ3v) is 6.30. The van der Waals surface area contributed by atoms with E-state index in [1.54, 1.807) is 17.0 Å². The van der Waals surface area contributed by atoms with E-state index in [1.165, 1.54) is 34.4 Å². The Kier molecular flexibility index (Phi) is 6.04. The predicted octanol–water partition coefficient (Wildman–Crippen LogP) is 4.15. The molecule has 0 aliphatic carbocycles. The molecule has 1 aliphatic rings. The summed E-state index contributed by atoms with van der Waals surface area (Å²) in [5, 5.41) is 18.8. The Morgan fingerprint density at radius 2 is 1.94 bits per heavy atom. The van der Waals surface area contributed by atoms with Crippen molar-refractivity contribution in [1.82, 2.24) is 19.5 Å². The van der Waals surface area contributed by atoms with Gasteiger partial charge in [0.05, 0.1) is 16.2 Å². The number of fused-ring (bicyclic) bond motifs is 1. The molecule has 32 heavy (non-hydrogen) atoms. The van der Waals surface area contributed by atoms with E-state index in [0.717, 1.165) is 17.2 Å². The van der Waals surface area contributed by atoms with E-state index >= 15 is 0 Å². The smallest absolute Gasteiger partial charge is 0.341 e. The van der Waals surface area contributed by atoms with Crippen molar-refractivity contribution in [1.29, 1.82) is 0 Å². The van der Waals surface area contributed by atoms with Crippen LogP contribution in [0.4, 0.5) is 18.9 Å². The van der Waals surface area contributed by atoms with Crippen LogP contribution in [0.2, 0.25) is 0 Å². The number of alkyl halides is 3. The van der Waals surface area contributed by atoms with Gasteiger partial charge in [-0.25, -0.2) is 0 Å². The average molecular weight is 465 g/mol. The zero-order valence-electron chi connectivity index (χ0n) is 16.7. The van der Waals surface area contributed by atoms with Crippen molar-refractivity contribution in [3.05, 3.63) is 64.1 Å². The molecule has 0 bridgehead atoms. The molecule has 0 N–H and O–H groups in total. The lowest BCUT2D eigenvalue weighted by atomic mass is 9.97. The number of nitro groups is 1. The lowest BCUT2D eigenvalue weighted by molar-refractivity contribution is -0.384. The van der Waals surface area contributed by atoms with Gasteiger partial charge in [-0.05, 0) is 37.1 Å². The molecule has 12 heteroatoms. The number of nitro benzene ring substituents is 1. The quantitative estimate of drug-likeness (QED) is 0.319. The van der Waals surface area contributed by atoms with Crippen LogP contribution in [0.25, 0.3) is 5.65 Å². The largest absolute Gasteiger partial charge is 0.417 e. The number of amides is 1. The molecule has 1 atom stereocenters. The van der Waals surface area contributed by atoms with Gasteiger partial charge in [-0.1, -0.05) is 0 Å². The van der Waals surface area contributed by atoms with E-state index in [-0.39, 0.29) is 23.3 Å². The molecular weight excluding hydrogens is 447 g/mol. The van der Waals surface area contributed by atoms with Crippen molar-refractivity contribution in [3.8, 4) is 0 Å². The van der Waals surface area contributed by atoms with Gasteiger partial charge >= 0.3 is 6.18 Å². The van der Waals surface area contributed by atoms with Crippen LogP contribution < -0.4 is 0 Å². The van der Waals surface area contributed by atoms with Gasteiger partial charge in [0.15, 0.2) is 5.65 Å². The van der Waals surface area contributed by atoms with Crippen molar-refractivity contribution < 1.29 is 22.9 Å². The molecule has 8 nitrogen and oxygen atoms in total. The number of halogens is 3. The van der Waals surface area contributed by atoms with Crippen LogP contribution in [0.3, 0.4) is 0 Å². The third-order valence-electron chi connectivity index (χ3n) is 5.31. The number of aromatic nitrogens is 3. The summed E-state index contributed by atoms with van der Waals surface area (Å²) in [5.74, 6) is 0.230. The molecule has 0 spiro atoms. The Labute approximate surface area is 184 Å². The molecule has 1 unspecified atom stereocenters. The van der Waals surface area contributed by atoms with Crippen LogP contribution in [0.1, 0.15) is 30.1 Å². The fraction of sp³-hybridized carbons (Fsp3) is 0.350. The second kappa shape index (κ2) is 8.77. The molecular formula is C20H18F3N5O3S. The first-order valence-electron chi connectivity index (χ1n) is 9.79.